The third-order valence-electron chi connectivity index (χ3n) is 9.51. The Morgan fingerprint density at radius 1 is 1.28 bits per heavy atom. The zero-order chi connectivity index (χ0) is 27.5. The van der Waals surface area contributed by atoms with Crippen LogP contribution in [0.3, 0.4) is 0 Å². The van der Waals surface area contributed by atoms with Gasteiger partial charge in [-0.25, -0.2) is 9.37 Å². The van der Waals surface area contributed by atoms with E-state index in [1.165, 1.54) is 18.3 Å². The lowest BCUT2D eigenvalue weighted by Crippen LogP contribution is -2.53. The first kappa shape index (κ1) is 27.0. The fourth-order valence-electron chi connectivity index (χ4n) is 7.02. The minimum Gasteiger partial charge on any atom is -0.487 e. The number of hydrogen-bond donors (Lipinski definition) is 0. The van der Waals surface area contributed by atoms with Crippen LogP contribution in [0.15, 0.2) is 17.6 Å². The molecule has 6 rings (SSSR count). The van der Waals surface area contributed by atoms with Gasteiger partial charge >= 0.3 is 0 Å². The smallest absolute Gasteiger partial charge is 0.228 e. The fraction of sp³-hybridized carbons (Fsp3) is 0.633. The van der Waals surface area contributed by atoms with Gasteiger partial charge in [-0.15, -0.1) is 11.3 Å². The van der Waals surface area contributed by atoms with E-state index in [2.05, 4.69) is 18.8 Å². The van der Waals surface area contributed by atoms with E-state index in [9.17, 15) is 14.0 Å². The molecule has 1 aromatic heterocycles. The summed E-state index contributed by atoms with van der Waals surface area (Å²) in [6.45, 7) is 7.17. The Morgan fingerprint density at radius 2 is 2.08 bits per heavy atom. The Bertz CT molecular complexity index is 1290. The minimum atomic E-state index is -1.13. The second kappa shape index (κ2) is 10.0. The zero-order valence-corrected chi connectivity index (χ0v) is 24.5. The lowest BCUT2D eigenvalue weighted by molar-refractivity contribution is -0.152. The molecule has 3 atom stereocenters. The molecule has 2 aliphatic carbocycles. The molecule has 39 heavy (non-hydrogen) atoms. The van der Waals surface area contributed by atoms with Crippen LogP contribution in [0.2, 0.25) is 5.02 Å². The topological polar surface area (TPSA) is 62.7 Å². The van der Waals surface area contributed by atoms with Crippen molar-refractivity contribution in [3.8, 4) is 5.75 Å². The Balaban J connectivity index is 1.40. The molecule has 4 aliphatic rings. The molecule has 0 N–H and O–H groups in total. The second-order valence-electron chi connectivity index (χ2n) is 12.6. The summed E-state index contributed by atoms with van der Waals surface area (Å²) in [5.41, 5.74) is 3.87. The first-order chi connectivity index (χ1) is 18.6. The Labute approximate surface area is 238 Å². The third kappa shape index (κ3) is 4.86. The molecule has 1 spiro atoms. The van der Waals surface area contributed by atoms with Crippen molar-refractivity contribution >= 4 is 34.8 Å². The highest BCUT2D eigenvalue weighted by molar-refractivity contribution is 7.09. The summed E-state index contributed by atoms with van der Waals surface area (Å²) in [7, 11) is 0. The molecular formula is C30H37ClFN3O3S. The Hall–Kier alpha value is -2.19. The van der Waals surface area contributed by atoms with Gasteiger partial charge in [-0.3, -0.25) is 9.59 Å². The van der Waals surface area contributed by atoms with Gasteiger partial charge in [0.25, 0.3) is 0 Å². The maximum atomic E-state index is 14.4. The average Bonchev–Trinajstić information content (AvgIpc) is 3.33. The third-order valence-corrected chi connectivity index (χ3v) is 10.9. The molecule has 1 saturated heterocycles. The highest BCUT2D eigenvalue weighted by Gasteiger charge is 2.56. The summed E-state index contributed by atoms with van der Waals surface area (Å²) in [5, 5.41) is 0.618. The van der Waals surface area contributed by atoms with Crippen LogP contribution in [0.5, 0.6) is 5.75 Å². The normalized spacial score (nSPS) is 26.0. The highest BCUT2D eigenvalue weighted by atomic mass is 35.5. The largest absolute Gasteiger partial charge is 0.487 e. The summed E-state index contributed by atoms with van der Waals surface area (Å²) < 4.78 is 20.5. The maximum absolute atomic E-state index is 14.4. The van der Waals surface area contributed by atoms with Gasteiger partial charge in [-0.1, -0.05) is 38.3 Å². The SMILES string of the molecule is CC(F)c1scnc1COc1ccc(Cl)c2c1C(N1CC3(CC3)CC1=O)N(C(=O)C1CCCCC1(C)C)CC2. The van der Waals surface area contributed by atoms with Crippen LogP contribution < -0.4 is 4.74 Å². The highest BCUT2D eigenvalue weighted by Crippen LogP contribution is 2.56. The van der Waals surface area contributed by atoms with Gasteiger partial charge < -0.3 is 14.5 Å². The van der Waals surface area contributed by atoms with Crippen LogP contribution in [0.1, 0.15) is 99.8 Å². The quantitative estimate of drug-likeness (QED) is 0.372. The molecule has 6 nitrogen and oxygen atoms in total. The molecule has 3 unspecified atom stereocenters. The van der Waals surface area contributed by atoms with Gasteiger partial charge in [0.1, 0.15) is 24.7 Å². The fourth-order valence-corrected chi connectivity index (χ4v) is 8.00. The van der Waals surface area contributed by atoms with Crippen LogP contribution in [-0.4, -0.2) is 39.7 Å². The van der Waals surface area contributed by atoms with Gasteiger partial charge in [0, 0.05) is 36.0 Å². The molecule has 2 aliphatic heterocycles. The van der Waals surface area contributed by atoms with Gasteiger partial charge in [-0.2, -0.15) is 0 Å². The molecule has 0 radical (unpaired) electrons. The summed E-state index contributed by atoms with van der Waals surface area (Å²) in [6, 6.07) is 3.65. The van der Waals surface area contributed by atoms with E-state index in [4.69, 9.17) is 16.3 Å². The summed E-state index contributed by atoms with van der Waals surface area (Å²) >= 11 is 8.03. The molecule has 3 heterocycles. The van der Waals surface area contributed by atoms with E-state index >= 15 is 0 Å². The van der Waals surface area contributed by atoms with E-state index < -0.39 is 12.3 Å². The van der Waals surface area contributed by atoms with Crippen molar-refractivity contribution in [2.24, 2.45) is 16.7 Å². The van der Waals surface area contributed by atoms with Crippen molar-refractivity contribution < 1.29 is 18.7 Å². The van der Waals surface area contributed by atoms with Gasteiger partial charge in [0.15, 0.2) is 0 Å². The minimum absolute atomic E-state index is 0.0415. The van der Waals surface area contributed by atoms with E-state index in [1.54, 1.807) is 5.51 Å². The maximum Gasteiger partial charge on any atom is 0.228 e. The number of carbonyl (C=O) groups is 2. The predicted molar refractivity (Wildman–Crippen MR) is 149 cm³/mol. The molecule has 2 saturated carbocycles. The molecule has 1 aromatic carbocycles. The first-order valence-corrected chi connectivity index (χ1v) is 15.5. The number of benzene rings is 1. The van der Waals surface area contributed by atoms with E-state index in [0.717, 1.165) is 49.7 Å². The number of carbonyl (C=O) groups excluding carboxylic acids is 2. The number of alkyl halides is 1. The molecule has 2 aromatic rings. The molecular weight excluding hydrogens is 537 g/mol. The number of likely N-dealkylation sites (tertiary alicyclic amines) is 1. The summed E-state index contributed by atoms with van der Waals surface area (Å²) in [5.74, 6) is 0.703. The van der Waals surface area contributed by atoms with Crippen LogP contribution >= 0.6 is 22.9 Å². The standard InChI is InChI=1S/C30H37ClFN3O3S/c1-18(32)26-22(33-17-39-26)15-38-23-8-7-21(31)19-9-13-34(28(37)20-6-4-5-10-29(20,2)3)27(25(19)23)35-16-30(11-12-30)14-24(35)36/h7-8,17-18,20,27H,4-6,9-16H2,1-3H3. The Kier molecular flexibility index (Phi) is 6.94. The predicted octanol–water partition coefficient (Wildman–Crippen LogP) is 7.02. The van der Waals surface area contributed by atoms with Crippen LogP contribution in [0, 0.1) is 16.7 Å². The molecule has 210 valence electrons. The van der Waals surface area contributed by atoms with Crippen molar-refractivity contribution in [1.29, 1.82) is 0 Å². The molecule has 0 bridgehead atoms. The van der Waals surface area contributed by atoms with Gasteiger partial charge in [0.2, 0.25) is 11.8 Å². The van der Waals surface area contributed by atoms with Crippen molar-refractivity contribution in [3.63, 3.8) is 0 Å². The monoisotopic (exact) mass is 573 g/mol. The number of aromatic nitrogens is 1. The second-order valence-corrected chi connectivity index (χ2v) is 13.9. The van der Waals surface area contributed by atoms with Gasteiger partial charge in [-0.05, 0) is 67.6 Å². The lowest BCUT2D eigenvalue weighted by Gasteiger charge is -2.47. The number of hydrogen-bond acceptors (Lipinski definition) is 5. The van der Waals surface area contributed by atoms with E-state index in [-0.39, 0.29) is 35.2 Å². The van der Waals surface area contributed by atoms with Crippen molar-refractivity contribution in [1.82, 2.24) is 14.8 Å². The Morgan fingerprint density at radius 3 is 2.77 bits per heavy atom. The van der Waals surface area contributed by atoms with E-state index in [1.807, 2.05) is 21.9 Å². The van der Waals surface area contributed by atoms with E-state index in [0.29, 0.717) is 47.3 Å². The molecule has 9 heteroatoms. The van der Waals surface area contributed by atoms with Crippen molar-refractivity contribution in [3.05, 3.63) is 44.4 Å². The van der Waals surface area contributed by atoms with Crippen LogP contribution in [-0.2, 0) is 22.6 Å². The molecule has 3 fully saturated rings. The number of halogens is 2. The van der Waals surface area contributed by atoms with Crippen molar-refractivity contribution in [2.75, 3.05) is 13.1 Å². The number of fused-ring (bicyclic) bond motifs is 1. The lowest BCUT2D eigenvalue weighted by atomic mass is 9.68. The summed E-state index contributed by atoms with van der Waals surface area (Å²) in [4.78, 5) is 36.6. The summed E-state index contributed by atoms with van der Waals surface area (Å²) in [6.07, 6.45) is 5.60. The average molecular weight is 574 g/mol. The molecule has 2 amide bonds. The van der Waals surface area contributed by atoms with Crippen LogP contribution in [0.25, 0.3) is 0 Å². The number of nitrogens with zero attached hydrogens (tertiary/aromatic N) is 3. The zero-order valence-electron chi connectivity index (χ0n) is 23.0. The van der Waals surface area contributed by atoms with Gasteiger partial charge in [0.05, 0.1) is 16.1 Å². The number of thiazole rings is 1. The van der Waals surface area contributed by atoms with Crippen molar-refractivity contribution in [2.45, 2.75) is 91.1 Å². The van der Waals surface area contributed by atoms with Crippen LogP contribution in [0.4, 0.5) is 4.39 Å². The number of ether oxygens (including phenoxy) is 1. The number of rotatable bonds is 6. The first-order valence-electron chi connectivity index (χ1n) is 14.2. The number of amides is 2.